The van der Waals surface area contributed by atoms with Gasteiger partial charge in [-0.1, -0.05) is 20.8 Å². The summed E-state index contributed by atoms with van der Waals surface area (Å²) in [5, 5.41) is 17.3. The number of methoxy groups -OCH3 is 2. The van der Waals surface area contributed by atoms with E-state index in [9.17, 15) is 14.7 Å². The van der Waals surface area contributed by atoms with Crippen LogP contribution in [0.25, 0.3) is 0 Å². The second kappa shape index (κ2) is 10.0. The highest BCUT2D eigenvalue weighted by molar-refractivity contribution is 5.78. The summed E-state index contributed by atoms with van der Waals surface area (Å²) in [5.41, 5.74) is 0.0457. The van der Waals surface area contributed by atoms with Crippen LogP contribution < -0.4 is 10.6 Å². The smallest absolute Gasteiger partial charge is 0.246 e. The molecular weight excluding hydrogens is 360 g/mol. The highest BCUT2D eigenvalue weighted by atomic mass is 16.5. The zero-order valence-electron chi connectivity index (χ0n) is 18.0. The largest absolute Gasteiger partial charge is 0.392 e. The van der Waals surface area contributed by atoms with Crippen molar-refractivity contribution >= 4 is 11.8 Å². The Hall–Kier alpha value is -1.18. The van der Waals surface area contributed by atoms with Crippen LogP contribution in [0.15, 0.2) is 0 Å². The Labute approximate surface area is 168 Å². The minimum absolute atomic E-state index is 0.0277. The summed E-state index contributed by atoms with van der Waals surface area (Å²) >= 11 is 0. The fraction of sp³-hybridized carbons (Fsp3) is 0.905. The summed E-state index contributed by atoms with van der Waals surface area (Å²) in [7, 11) is 3.11. The molecule has 0 aromatic heterocycles. The van der Waals surface area contributed by atoms with E-state index in [1.807, 2.05) is 6.92 Å². The zero-order chi connectivity index (χ0) is 20.9. The fourth-order valence-corrected chi connectivity index (χ4v) is 5.51. The second-order valence-corrected chi connectivity index (χ2v) is 8.95. The number of hydrogen-bond donors (Lipinski definition) is 3. The third-order valence-electron chi connectivity index (χ3n) is 7.17. The van der Waals surface area contributed by atoms with Gasteiger partial charge in [-0.2, -0.15) is 0 Å². The molecule has 3 N–H and O–H groups in total. The molecule has 0 aromatic rings. The van der Waals surface area contributed by atoms with Gasteiger partial charge in [0.1, 0.15) is 6.61 Å². The monoisotopic (exact) mass is 398 g/mol. The number of rotatable bonds is 8. The highest BCUT2D eigenvalue weighted by Crippen LogP contribution is 2.55. The molecule has 0 bridgehead atoms. The number of fused-ring (bicyclic) bond motifs is 1. The van der Waals surface area contributed by atoms with Crippen molar-refractivity contribution in [1.29, 1.82) is 0 Å². The summed E-state index contributed by atoms with van der Waals surface area (Å²) in [4.78, 5) is 24.5. The van der Waals surface area contributed by atoms with E-state index in [4.69, 9.17) is 9.47 Å². The summed E-state index contributed by atoms with van der Waals surface area (Å²) in [6.45, 7) is 7.29. The Morgan fingerprint density at radius 1 is 1.21 bits per heavy atom. The molecular formula is C21H38N2O5. The molecule has 28 heavy (non-hydrogen) atoms. The van der Waals surface area contributed by atoms with Gasteiger partial charge in [-0.25, -0.2) is 0 Å². The molecule has 7 heteroatoms. The first-order valence-electron chi connectivity index (χ1n) is 10.5. The van der Waals surface area contributed by atoms with Crippen molar-refractivity contribution < 1.29 is 24.2 Å². The quantitative estimate of drug-likeness (QED) is 0.536. The van der Waals surface area contributed by atoms with E-state index in [1.165, 1.54) is 7.11 Å². The molecule has 162 valence electrons. The third-order valence-corrected chi connectivity index (χ3v) is 7.17. The summed E-state index contributed by atoms with van der Waals surface area (Å²) in [6.07, 6.45) is 3.17. The lowest BCUT2D eigenvalue weighted by molar-refractivity contribution is -0.144. The van der Waals surface area contributed by atoms with Crippen LogP contribution in [0.3, 0.4) is 0 Å². The Morgan fingerprint density at radius 3 is 2.54 bits per heavy atom. The van der Waals surface area contributed by atoms with Crippen molar-refractivity contribution in [3.05, 3.63) is 0 Å². The number of ether oxygens (including phenoxy) is 2. The maximum absolute atomic E-state index is 12.5. The molecule has 0 spiro atoms. The molecule has 2 aliphatic carbocycles. The van der Waals surface area contributed by atoms with Gasteiger partial charge >= 0.3 is 0 Å². The Balaban J connectivity index is 2.08. The molecule has 2 amide bonds. The van der Waals surface area contributed by atoms with Crippen LogP contribution >= 0.6 is 0 Å². The first-order chi connectivity index (χ1) is 13.2. The first kappa shape index (κ1) is 23.1. The van der Waals surface area contributed by atoms with Crippen LogP contribution in [0.4, 0.5) is 0 Å². The first-order valence-corrected chi connectivity index (χ1v) is 10.5. The molecule has 7 atom stereocenters. The maximum atomic E-state index is 12.5. The van der Waals surface area contributed by atoms with Crippen molar-refractivity contribution in [2.45, 2.75) is 58.6 Å². The van der Waals surface area contributed by atoms with Gasteiger partial charge in [0.25, 0.3) is 0 Å². The number of nitrogens with one attached hydrogen (secondary N) is 2. The van der Waals surface area contributed by atoms with Crippen molar-refractivity contribution in [2.75, 3.05) is 34.0 Å². The van der Waals surface area contributed by atoms with Gasteiger partial charge in [0.05, 0.1) is 12.7 Å². The van der Waals surface area contributed by atoms with Crippen LogP contribution in [-0.4, -0.2) is 63.0 Å². The minimum Gasteiger partial charge on any atom is -0.392 e. The normalized spacial score (nSPS) is 36.3. The molecule has 7 unspecified atom stereocenters. The van der Waals surface area contributed by atoms with Crippen LogP contribution in [0.2, 0.25) is 0 Å². The van der Waals surface area contributed by atoms with E-state index in [-0.39, 0.29) is 53.5 Å². The van der Waals surface area contributed by atoms with E-state index in [1.54, 1.807) is 7.11 Å². The Morgan fingerprint density at radius 2 is 1.89 bits per heavy atom. The molecule has 2 aliphatic rings. The van der Waals surface area contributed by atoms with Crippen LogP contribution in [0.5, 0.6) is 0 Å². The minimum atomic E-state index is -0.556. The maximum Gasteiger partial charge on any atom is 0.246 e. The Bertz CT molecular complexity index is 543. The van der Waals surface area contributed by atoms with Crippen LogP contribution in [0, 0.1) is 29.1 Å². The molecule has 7 nitrogen and oxygen atoms in total. The molecule has 2 saturated carbocycles. The van der Waals surface area contributed by atoms with Gasteiger partial charge in [0, 0.05) is 32.7 Å². The van der Waals surface area contributed by atoms with E-state index < -0.39 is 6.10 Å². The van der Waals surface area contributed by atoms with Gasteiger partial charge in [0.15, 0.2) is 0 Å². The topological polar surface area (TPSA) is 96.9 Å². The average molecular weight is 399 g/mol. The third kappa shape index (κ3) is 5.05. The number of hydrogen-bond acceptors (Lipinski definition) is 5. The van der Waals surface area contributed by atoms with Crippen LogP contribution in [-0.2, 0) is 19.1 Å². The molecule has 2 fully saturated rings. The summed E-state index contributed by atoms with van der Waals surface area (Å²) in [6, 6.07) is 0.0277. The van der Waals surface area contributed by atoms with Crippen LogP contribution in [0.1, 0.15) is 46.5 Å². The Kier molecular flexibility index (Phi) is 8.28. The SMILES string of the molecule is COCCNC(=O)C(C)C1CCC2(C)CCC(NC(=O)COC)C(C)C2C1O. The molecule has 0 heterocycles. The standard InChI is InChI=1S/C21H38N2O5/c1-13(20(26)22-10-11-27-4)15-6-8-21(3)9-7-16(23-17(24)12-28-5)14(2)18(21)19(15)25/h13-16,18-19,25H,6-12H2,1-5H3,(H,22,26)(H,23,24). The van der Waals surface area contributed by atoms with E-state index in [0.717, 1.165) is 25.7 Å². The lowest BCUT2D eigenvalue weighted by atomic mass is 9.51. The van der Waals surface area contributed by atoms with Crippen molar-refractivity contribution in [3.8, 4) is 0 Å². The molecule has 0 aromatic carbocycles. The van der Waals surface area contributed by atoms with Gasteiger partial charge in [0.2, 0.25) is 11.8 Å². The molecule has 0 radical (unpaired) electrons. The van der Waals surface area contributed by atoms with E-state index in [2.05, 4.69) is 24.5 Å². The lowest BCUT2D eigenvalue weighted by Gasteiger charge is -2.56. The average Bonchev–Trinajstić information content (AvgIpc) is 2.64. The predicted molar refractivity (Wildman–Crippen MR) is 107 cm³/mol. The van der Waals surface area contributed by atoms with Crippen molar-refractivity contribution in [1.82, 2.24) is 10.6 Å². The number of carbonyl (C=O) groups is 2. The molecule has 0 saturated heterocycles. The van der Waals surface area contributed by atoms with E-state index >= 15 is 0 Å². The summed E-state index contributed by atoms with van der Waals surface area (Å²) < 4.78 is 9.92. The van der Waals surface area contributed by atoms with Gasteiger partial charge < -0.3 is 25.2 Å². The molecule has 2 rings (SSSR count). The number of amides is 2. The van der Waals surface area contributed by atoms with Crippen molar-refractivity contribution in [2.24, 2.45) is 29.1 Å². The molecule has 0 aliphatic heterocycles. The lowest BCUT2D eigenvalue weighted by Crippen LogP contribution is -2.58. The van der Waals surface area contributed by atoms with E-state index in [0.29, 0.717) is 13.2 Å². The van der Waals surface area contributed by atoms with Crippen molar-refractivity contribution in [3.63, 3.8) is 0 Å². The van der Waals surface area contributed by atoms with Gasteiger partial charge in [-0.15, -0.1) is 0 Å². The zero-order valence-corrected chi connectivity index (χ0v) is 18.0. The van der Waals surface area contributed by atoms with Gasteiger partial charge in [-0.3, -0.25) is 9.59 Å². The summed E-state index contributed by atoms with van der Waals surface area (Å²) in [5.74, 6) is -0.277. The fourth-order valence-electron chi connectivity index (χ4n) is 5.51. The van der Waals surface area contributed by atoms with Gasteiger partial charge in [-0.05, 0) is 48.9 Å². The number of aliphatic hydroxyl groups excluding tert-OH is 1. The number of carbonyl (C=O) groups excluding carboxylic acids is 2. The predicted octanol–water partition coefficient (Wildman–Crippen LogP) is 1.34. The highest BCUT2D eigenvalue weighted by Gasteiger charge is 2.53. The second-order valence-electron chi connectivity index (χ2n) is 8.95. The number of aliphatic hydroxyl groups is 1.